The third-order valence-electron chi connectivity index (χ3n) is 4.39. The summed E-state index contributed by atoms with van der Waals surface area (Å²) in [6.45, 7) is 0.123. The maximum absolute atomic E-state index is 14.1. The summed E-state index contributed by atoms with van der Waals surface area (Å²) in [4.78, 5) is 7.90. The van der Waals surface area contributed by atoms with Crippen LogP contribution in [0.4, 0.5) is 14.6 Å². The Hall–Kier alpha value is -4.61. The Morgan fingerprint density at radius 1 is 1.12 bits per heavy atom. The molecule has 10 nitrogen and oxygen atoms in total. The summed E-state index contributed by atoms with van der Waals surface area (Å²) in [5.41, 5.74) is 0.994. The molecule has 3 aromatic heterocycles. The molecule has 0 aliphatic carbocycles. The van der Waals surface area contributed by atoms with E-state index in [0.717, 1.165) is 6.20 Å². The smallest absolute Gasteiger partial charge is 0.251 e. The van der Waals surface area contributed by atoms with Gasteiger partial charge in [0.15, 0.2) is 23.2 Å². The fourth-order valence-electron chi connectivity index (χ4n) is 2.79. The third-order valence-corrected chi connectivity index (χ3v) is 4.39. The van der Waals surface area contributed by atoms with E-state index in [2.05, 4.69) is 30.9 Å². The number of aromatic hydroxyl groups is 1. The molecule has 3 heterocycles. The number of hydrogen-bond acceptors (Lipinski definition) is 10. The van der Waals surface area contributed by atoms with Gasteiger partial charge in [-0.05, 0) is 17.3 Å². The molecule has 4 aromatic rings. The van der Waals surface area contributed by atoms with Crippen LogP contribution in [0.5, 0.6) is 5.88 Å². The van der Waals surface area contributed by atoms with Gasteiger partial charge < -0.3 is 24.8 Å². The van der Waals surface area contributed by atoms with Crippen LogP contribution in [0, 0.1) is 17.0 Å². The first kappa shape index (κ1) is 21.6. The van der Waals surface area contributed by atoms with Crippen molar-refractivity contribution in [3.05, 3.63) is 89.4 Å². The van der Waals surface area contributed by atoms with Crippen LogP contribution < -0.4 is 10.6 Å². The Morgan fingerprint density at radius 2 is 1.97 bits per heavy atom. The van der Waals surface area contributed by atoms with Crippen molar-refractivity contribution in [1.82, 2.24) is 25.6 Å². The predicted octanol–water partition coefficient (Wildman–Crippen LogP) is 3.25. The van der Waals surface area contributed by atoms with Gasteiger partial charge in [-0.25, -0.2) is 18.7 Å². The number of rotatable bonds is 9. The molecule has 0 saturated heterocycles. The van der Waals surface area contributed by atoms with Gasteiger partial charge in [0.05, 0.1) is 18.4 Å². The monoisotopic (exact) mass is 453 g/mol. The van der Waals surface area contributed by atoms with E-state index in [-0.39, 0.29) is 47.9 Å². The van der Waals surface area contributed by atoms with Crippen LogP contribution in [0.2, 0.25) is 0 Å². The minimum Gasteiger partial charge on any atom is -0.491 e. The van der Waals surface area contributed by atoms with Crippen LogP contribution in [-0.4, -0.2) is 31.1 Å². The second-order valence-corrected chi connectivity index (χ2v) is 6.70. The number of aromatic nitrogens is 4. The second-order valence-electron chi connectivity index (χ2n) is 6.70. The van der Waals surface area contributed by atoms with Crippen molar-refractivity contribution in [1.29, 1.82) is 5.41 Å². The zero-order chi connectivity index (χ0) is 23.2. The summed E-state index contributed by atoms with van der Waals surface area (Å²) in [5, 5.41) is 30.5. The lowest BCUT2D eigenvalue weighted by Gasteiger charge is -2.10. The highest BCUT2D eigenvalue weighted by atomic mass is 19.1. The standard InChI is InChI=1S/C21H17F2N7O3/c22-14-4-2-1-3-12(14)9-25-18(17-5-6-32-29-17)8-16(24)21-27-11-15(23)20(28-21)26-10-13-7-19(31)30-33-13/h1-8,11,24-25H,9-10H2,(H,30,31)(H,26,27,28)/b18-8-,24-16?. The van der Waals surface area contributed by atoms with E-state index in [1.807, 2.05) is 0 Å². The first-order valence-electron chi connectivity index (χ1n) is 9.59. The summed E-state index contributed by atoms with van der Waals surface area (Å²) in [7, 11) is 0. The van der Waals surface area contributed by atoms with E-state index < -0.39 is 5.82 Å². The molecule has 0 radical (unpaired) electrons. The SMILES string of the molecule is N=C(/C=C(\NCc1ccccc1F)c1ccon1)c1ncc(F)c(NCc2cc(O)no2)n1. The molecule has 0 aliphatic rings. The first-order chi connectivity index (χ1) is 16.0. The maximum atomic E-state index is 14.1. The van der Waals surface area contributed by atoms with Crippen molar-refractivity contribution < 1.29 is 22.9 Å². The van der Waals surface area contributed by atoms with Crippen molar-refractivity contribution >= 4 is 17.2 Å². The van der Waals surface area contributed by atoms with Crippen molar-refractivity contribution in [2.24, 2.45) is 0 Å². The molecule has 4 N–H and O–H groups in total. The van der Waals surface area contributed by atoms with Crippen molar-refractivity contribution in [3.63, 3.8) is 0 Å². The van der Waals surface area contributed by atoms with Crippen LogP contribution in [0.3, 0.4) is 0 Å². The van der Waals surface area contributed by atoms with Gasteiger partial charge in [-0.1, -0.05) is 23.4 Å². The van der Waals surface area contributed by atoms with Gasteiger partial charge in [-0.3, -0.25) is 5.41 Å². The van der Waals surface area contributed by atoms with Gasteiger partial charge >= 0.3 is 0 Å². The van der Waals surface area contributed by atoms with E-state index >= 15 is 0 Å². The van der Waals surface area contributed by atoms with Crippen LogP contribution >= 0.6 is 0 Å². The normalized spacial score (nSPS) is 11.4. The lowest BCUT2D eigenvalue weighted by Crippen LogP contribution is -2.16. The zero-order valence-corrected chi connectivity index (χ0v) is 16.9. The van der Waals surface area contributed by atoms with Gasteiger partial charge in [-0.2, -0.15) is 0 Å². The van der Waals surface area contributed by atoms with E-state index in [9.17, 15) is 13.9 Å². The van der Waals surface area contributed by atoms with Gasteiger partial charge in [0.1, 0.15) is 23.5 Å². The van der Waals surface area contributed by atoms with Gasteiger partial charge in [-0.15, -0.1) is 0 Å². The molecule has 12 heteroatoms. The number of anilines is 1. The molecule has 0 unspecified atom stereocenters. The van der Waals surface area contributed by atoms with E-state index in [1.165, 1.54) is 24.5 Å². The largest absolute Gasteiger partial charge is 0.491 e. The van der Waals surface area contributed by atoms with Crippen molar-refractivity contribution in [3.8, 4) is 5.88 Å². The van der Waals surface area contributed by atoms with E-state index in [4.69, 9.17) is 14.5 Å². The maximum Gasteiger partial charge on any atom is 0.251 e. The highest BCUT2D eigenvalue weighted by Gasteiger charge is 2.14. The molecular formula is C21H17F2N7O3. The molecule has 0 saturated carbocycles. The quantitative estimate of drug-likeness (QED) is 0.281. The average Bonchev–Trinajstić information content (AvgIpc) is 3.49. The molecule has 4 rings (SSSR count). The Labute approximate surface area is 185 Å². The molecule has 168 valence electrons. The van der Waals surface area contributed by atoms with Crippen LogP contribution in [-0.2, 0) is 13.1 Å². The number of nitrogens with zero attached hydrogens (tertiary/aromatic N) is 4. The molecule has 0 spiro atoms. The Bertz CT molecular complexity index is 1290. The highest BCUT2D eigenvalue weighted by Crippen LogP contribution is 2.16. The summed E-state index contributed by atoms with van der Waals surface area (Å²) < 4.78 is 37.8. The molecular weight excluding hydrogens is 436 g/mol. The van der Waals surface area contributed by atoms with Crippen molar-refractivity contribution in [2.45, 2.75) is 13.1 Å². The number of halogens is 2. The summed E-state index contributed by atoms with van der Waals surface area (Å²) >= 11 is 0. The number of allylic oxidation sites excluding steroid dienone is 1. The number of nitrogens with one attached hydrogen (secondary N) is 3. The zero-order valence-electron chi connectivity index (χ0n) is 16.9. The van der Waals surface area contributed by atoms with E-state index in [1.54, 1.807) is 24.3 Å². The number of hydrogen-bond donors (Lipinski definition) is 4. The minimum atomic E-state index is -0.742. The molecule has 33 heavy (non-hydrogen) atoms. The lowest BCUT2D eigenvalue weighted by atomic mass is 10.2. The van der Waals surface area contributed by atoms with E-state index in [0.29, 0.717) is 17.0 Å². The van der Waals surface area contributed by atoms with Gasteiger partial charge in [0.2, 0.25) is 0 Å². The molecule has 0 bridgehead atoms. The number of benzene rings is 1. The van der Waals surface area contributed by atoms with Crippen LogP contribution in [0.1, 0.15) is 22.8 Å². The highest BCUT2D eigenvalue weighted by molar-refractivity contribution is 6.07. The van der Waals surface area contributed by atoms with Crippen LogP contribution in [0.15, 0.2) is 64.0 Å². The Balaban J connectivity index is 1.53. The first-order valence-corrected chi connectivity index (χ1v) is 9.59. The Kier molecular flexibility index (Phi) is 6.34. The Morgan fingerprint density at radius 3 is 2.70 bits per heavy atom. The predicted molar refractivity (Wildman–Crippen MR) is 112 cm³/mol. The lowest BCUT2D eigenvalue weighted by molar-refractivity contribution is 0.343. The van der Waals surface area contributed by atoms with Gasteiger partial charge in [0, 0.05) is 24.2 Å². The summed E-state index contributed by atoms with van der Waals surface area (Å²) in [5.74, 6) is -1.41. The topological polar surface area (TPSA) is 146 Å². The fraction of sp³-hybridized carbons (Fsp3) is 0.0952. The third kappa shape index (κ3) is 5.36. The fourth-order valence-corrected chi connectivity index (χ4v) is 2.79. The molecule has 1 aromatic carbocycles. The van der Waals surface area contributed by atoms with Crippen LogP contribution in [0.25, 0.3) is 5.70 Å². The minimum absolute atomic E-state index is 0.00150. The average molecular weight is 453 g/mol. The molecule has 0 atom stereocenters. The summed E-state index contributed by atoms with van der Waals surface area (Å²) in [6.07, 6.45) is 3.66. The molecule has 0 aliphatic heterocycles. The van der Waals surface area contributed by atoms with Crippen molar-refractivity contribution in [2.75, 3.05) is 5.32 Å². The second kappa shape index (κ2) is 9.68. The molecule has 0 amide bonds. The molecule has 0 fully saturated rings. The van der Waals surface area contributed by atoms with Gasteiger partial charge in [0.25, 0.3) is 5.88 Å². The summed E-state index contributed by atoms with van der Waals surface area (Å²) in [6, 6.07) is 9.11.